The van der Waals surface area contributed by atoms with Gasteiger partial charge in [-0.05, 0) is 82.5 Å². The Bertz CT molecular complexity index is 1070. The molecule has 0 spiro atoms. The highest BCUT2D eigenvalue weighted by atomic mass is 19.1. The van der Waals surface area contributed by atoms with Gasteiger partial charge in [-0.3, -0.25) is 0 Å². The molecule has 0 fully saturated rings. The lowest BCUT2D eigenvalue weighted by atomic mass is 9.99. The Balaban J connectivity index is 0.000000278. The second-order valence-electron chi connectivity index (χ2n) is 10.4. The van der Waals surface area contributed by atoms with Gasteiger partial charge in [0.25, 0.3) is 0 Å². The molecule has 0 saturated heterocycles. The van der Waals surface area contributed by atoms with Crippen LogP contribution in [0.2, 0.25) is 0 Å². The van der Waals surface area contributed by atoms with E-state index in [1.54, 1.807) is 12.1 Å². The fourth-order valence-electron chi connectivity index (χ4n) is 3.97. The third-order valence-electron chi connectivity index (χ3n) is 6.47. The van der Waals surface area contributed by atoms with E-state index in [9.17, 15) is 13.2 Å². The summed E-state index contributed by atoms with van der Waals surface area (Å²) in [6.07, 6.45) is 3.58. The third kappa shape index (κ3) is 10.4. The molecule has 0 amide bonds. The summed E-state index contributed by atoms with van der Waals surface area (Å²) < 4.78 is 40.1. The summed E-state index contributed by atoms with van der Waals surface area (Å²) in [6.45, 7) is 18.3. The zero-order chi connectivity index (χ0) is 28.1. The third-order valence-corrected chi connectivity index (χ3v) is 6.47. The average molecular weight is 513 g/mol. The van der Waals surface area contributed by atoms with E-state index in [-0.39, 0.29) is 29.3 Å². The first-order valence-corrected chi connectivity index (χ1v) is 13.8. The lowest BCUT2D eigenvalue weighted by Gasteiger charge is -2.09. The van der Waals surface area contributed by atoms with Crippen molar-refractivity contribution in [3.8, 4) is 0 Å². The summed E-state index contributed by atoms with van der Waals surface area (Å²) in [4.78, 5) is 0. The summed E-state index contributed by atoms with van der Waals surface area (Å²) in [7, 11) is 0. The quantitative estimate of drug-likeness (QED) is 0.295. The first kappa shape index (κ1) is 32.5. The number of halogens is 3. The summed E-state index contributed by atoms with van der Waals surface area (Å²) in [5, 5.41) is 0. The molecule has 0 aliphatic carbocycles. The average Bonchev–Trinajstić information content (AvgIpc) is 2.86. The fourth-order valence-corrected chi connectivity index (χ4v) is 3.97. The van der Waals surface area contributed by atoms with Crippen molar-refractivity contribution < 1.29 is 13.2 Å². The minimum absolute atomic E-state index is 0.0185. The van der Waals surface area contributed by atoms with Crippen molar-refractivity contribution in [2.24, 2.45) is 0 Å². The summed E-state index contributed by atoms with van der Waals surface area (Å²) in [5.74, 6) is 0.809. The van der Waals surface area contributed by atoms with Crippen LogP contribution in [-0.4, -0.2) is 0 Å². The van der Waals surface area contributed by atoms with Crippen LogP contribution in [0.1, 0.15) is 120 Å². The molecular weight excluding hydrogens is 465 g/mol. The maximum atomic E-state index is 13.5. The molecule has 0 bridgehead atoms. The van der Waals surface area contributed by atoms with Gasteiger partial charge in [0.2, 0.25) is 0 Å². The first-order valence-electron chi connectivity index (χ1n) is 13.8. The van der Waals surface area contributed by atoms with Crippen molar-refractivity contribution in [3.63, 3.8) is 0 Å². The van der Waals surface area contributed by atoms with E-state index >= 15 is 0 Å². The van der Waals surface area contributed by atoms with Gasteiger partial charge in [-0.25, -0.2) is 13.2 Å². The van der Waals surface area contributed by atoms with Crippen LogP contribution in [0.3, 0.4) is 0 Å². The SMILES string of the molecule is CCCc1ccc(C(C)C)cc1F.CCc1ccc(F)c(C(C)C)c1.CCc1cccc(C(C)C)c1F. The minimum Gasteiger partial charge on any atom is -0.207 e. The van der Waals surface area contributed by atoms with Crippen LogP contribution in [0, 0.1) is 17.5 Å². The van der Waals surface area contributed by atoms with E-state index in [0.717, 1.165) is 53.5 Å². The van der Waals surface area contributed by atoms with Crippen molar-refractivity contribution in [2.45, 2.75) is 106 Å². The molecule has 0 aromatic heterocycles. The lowest BCUT2D eigenvalue weighted by Crippen LogP contribution is -1.96. The van der Waals surface area contributed by atoms with Gasteiger partial charge in [0, 0.05) is 0 Å². The maximum Gasteiger partial charge on any atom is 0.129 e. The van der Waals surface area contributed by atoms with Crippen LogP contribution in [0.15, 0.2) is 54.6 Å². The van der Waals surface area contributed by atoms with Crippen molar-refractivity contribution >= 4 is 0 Å². The van der Waals surface area contributed by atoms with E-state index in [1.165, 1.54) is 5.56 Å². The van der Waals surface area contributed by atoms with Crippen LogP contribution in [-0.2, 0) is 19.3 Å². The molecule has 204 valence electrons. The highest BCUT2D eigenvalue weighted by Crippen LogP contribution is 2.22. The van der Waals surface area contributed by atoms with Gasteiger partial charge >= 0.3 is 0 Å². The summed E-state index contributed by atoms with van der Waals surface area (Å²) in [6, 6.07) is 16.6. The molecule has 37 heavy (non-hydrogen) atoms. The summed E-state index contributed by atoms with van der Waals surface area (Å²) in [5.41, 5.74) is 5.61. The van der Waals surface area contributed by atoms with E-state index in [2.05, 4.69) is 27.7 Å². The largest absolute Gasteiger partial charge is 0.207 e. The van der Waals surface area contributed by atoms with Crippen molar-refractivity contribution in [3.05, 3.63) is 105 Å². The second-order valence-corrected chi connectivity index (χ2v) is 10.4. The molecule has 0 atom stereocenters. The molecule has 0 aliphatic heterocycles. The fraction of sp³-hybridized carbons (Fsp3) is 0.471. The van der Waals surface area contributed by atoms with E-state index in [1.807, 2.05) is 77.1 Å². The van der Waals surface area contributed by atoms with Crippen LogP contribution in [0.25, 0.3) is 0 Å². The molecule has 3 aromatic rings. The Hall–Kier alpha value is -2.55. The topological polar surface area (TPSA) is 0 Å². The van der Waals surface area contributed by atoms with Gasteiger partial charge < -0.3 is 0 Å². The Morgan fingerprint density at radius 1 is 0.595 bits per heavy atom. The molecule has 0 N–H and O–H groups in total. The molecular formula is C34H47F3. The molecule has 0 unspecified atom stereocenters. The van der Waals surface area contributed by atoms with Gasteiger partial charge in [-0.1, -0.05) is 111 Å². The highest BCUT2D eigenvalue weighted by Gasteiger charge is 2.09. The highest BCUT2D eigenvalue weighted by molar-refractivity contribution is 5.29. The molecule has 0 aliphatic rings. The first-order chi connectivity index (χ1) is 17.5. The monoisotopic (exact) mass is 512 g/mol. The lowest BCUT2D eigenvalue weighted by molar-refractivity contribution is 0.584. The standard InChI is InChI=1S/C12H17F.2C11H15F/c1-4-5-10-6-7-11(9(2)3)8-12(10)13;1-4-9-5-6-11(12)10(7-9)8(2)3;1-4-9-6-5-7-10(8(2)3)11(9)12/h6-9H,4-5H2,1-3H3;2*5-8H,4H2,1-3H3. The van der Waals surface area contributed by atoms with Crippen molar-refractivity contribution in [2.75, 3.05) is 0 Å². The second kappa shape index (κ2) is 16.3. The number of hydrogen-bond donors (Lipinski definition) is 0. The molecule has 0 nitrogen and oxygen atoms in total. The number of hydrogen-bond acceptors (Lipinski definition) is 0. The van der Waals surface area contributed by atoms with Crippen LogP contribution in [0.5, 0.6) is 0 Å². The van der Waals surface area contributed by atoms with Crippen molar-refractivity contribution in [1.82, 2.24) is 0 Å². The predicted octanol–water partition coefficient (Wildman–Crippen LogP) is 10.9. The van der Waals surface area contributed by atoms with Crippen LogP contribution >= 0.6 is 0 Å². The van der Waals surface area contributed by atoms with Crippen molar-refractivity contribution in [1.29, 1.82) is 0 Å². The van der Waals surface area contributed by atoms with Gasteiger partial charge in [0.05, 0.1) is 0 Å². The van der Waals surface area contributed by atoms with E-state index < -0.39 is 0 Å². The number of aryl methyl sites for hydroxylation is 3. The smallest absolute Gasteiger partial charge is 0.129 e. The van der Waals surface area contributed by atoms with Crippen LogP contribution < -0.4 is 0 Å². The Kier molecular flexibility index (Phi) is 14.3. The molecule has 3 rings (SSSR count). The molecule has 0 saturated carbocycles. The zero-order valence-electron chi connectivity index (χ0n) is 24.4. The minimum atomic E-state index is -0.0813. The number of benzene rings is 3. The van der Waals surface area contributed by atoms with Gasteiger partial charge in [-0.2, -0.15) is 0 Å². The molecule has 3 aromatic carbocycles. The zero-order valence-corrected chi connectivity index (χ0v) is 24.4. The Morgan fingerprint density at radius 3 is 1.73 bits per heavy atom. The predicted molar refractivity (Wildman–Crippen MR) is 154 cm³/mol. The Labute approximate surface area is 224 Å². The normalized spacial score (nSPS) is 10.8. The van der Waals surface area contributed by atoms with E-state index in [4.69, 9.17) is 0 Å². The molecule has 0 radical (unpaired) electrons. The van der Waals surface area contributed by atoms with E-state index in [0.29, 0.717) is 5.92 Å². The molecule has 3 heteroatoms. The molecule has 0 heterocycles. The van der Waals surface area contributed by atoms with Crippen LogP contribution in [0.4, 0.5) is 13.2 Å². The Morgan fingerprint density at radius 2 is 1.24 bits per heavy atom. The van der Waals surface area contributed by atoms with Gasteiger partial charge in [0.1, 0.15) is 17.5 Å². The van der Waals surface area contributed by atoms with Gasteiger partial charge in [-0.15, -0.1) is 0 Å². The summed E-state index contributed by atoms with van der Waals surface area (Å²) >= 11 is 0. The van der Waals surface area contributed by atoms with Gasteiger partial charge in [0.15, 0.2) is 0 Å². The maximum absolute atomic E-state index is 13.5. The number of rotatable bonds is 7.